The fraction of sp³-hybridized carbons (Fsp3) is 0.294. The molecule has 0 aliphatic carbocycles. The van der Waals surface area contributed by atoms with E-state index in [0.717, 1.165) is 0 Å². The van der Waals surface area contributed by atoms with E-state index >= 15 is 0 Å². The molecule has 1 heterocycles. The molecule has 1 N–H and O–H groups in total. The number of sulfone groups is 1. The summed E-state index contributed by atoms with van der Waals surface area (Å²) in [6.45, 7) is 3.88. The Morgan fingerprint density at radius 2 is 2.21 bits per heavy atom. The number of amides is 1. The van der Waals surface area contributed by atoms with Crippen LogP contribution in [0.5, 0.6) is 5.75 Å². The lowest BCUT2D eigenvalue weighted by Crippen LogP contribution is -2.36. The summed E-state index contributed by atoms with van der Waals surface area (Å²) in [4.78, 5) is 12.2. The molecule has 126 valence electrons. The van der Waals surface area contributed by atoms with Crippen LogP contribution >= 0.6 is 0 Å². The monoisotopic (exact) mass is 346 g/mol. The summed E-state index contributed by atoms with van der Waals surface area (Å²) in [5.74, 6) is -0.0855. The van der Waals surface area contributed by atoms with Gasteiger partial charge >= 0.3 is 0 Å². The number of benzene rings is 1. The summed E-state index contributed by atoms with van der Waals surface area (Å²) in [7, 11) is -3.10. The summed E-state index contributed by atoms with van der Waals surface area (Å²) in [5.41, 5.74) is 0.485. The zero-order chi connectivity index (χ0) is 17.6. The molecule has 1 saturated heterocycles. The van der Waals surface area contributed by atoms with Crippen LogP contribution in [0, 0.1) is 11.3 Å². The van der Waals surface area contributed by atoms with Gasteiger partial charge in [0.15, 0.2) is 9.84 Å². The van der Waals surface area contributed by atoms with Gasteiger partial charge in [-0.1, -0.05) is 30.9 Å². The molecule has 1 aromatic carbocycles. The molecule has 6 nitrogen and oxygen atoms in total. The molecular formula is C17H18N2O4S. The summed E-state index contributed by atoms with van der Waals surface area (Å²) in [6, 6.07) is 8.40. The molecule has 1 amide bonds. The van der Waals surface area contributed by atoms with E-state index in [-0.39, 0.29) is 17.1 Å². The second-order valence-corrected chi connectivity index (χ2v) is 7.61. The van der Waals surface area contributed by atoms with Crippen molar-refractivity contribution in [2.24, 2.45) is 0 Å². The Morgan fingerprint density at radius 3 is 2.83 bits per heavy atom. The van der Waals surface area contributed by atoms with Gasteiger partial charge in [0.2, 0.25) is 0 Å². The summed E-state index contributed by atoms with van der Waals surface area (Å²) in [6.07, 6.45) is 3.39. The van der Waals surface area contributed by atoms with E-state index in [0.29, 0.717) is 24.3 Å². The molecular weight excluding hydrogens is 328 g/mol. The highest BCUT2D eigenvalue weighted by atomic mass is 32.2. The van der Waals surface area contributed by atoms with Crippen LogP contribution in [0.3, 0.4) is 0 Å². The fourth-order valence-electron chi connectivity index (χ4n) is 2.36. The predicted octanol–water partition coefficient (Wildman–Crippen LogP) is 1.46. The van der Waals surface area contributed by atoms with E-state index < -0.39 is 21.8 Å². The number of hydrogen-bond acceptors (Lipinski definition) is 5. The number of para-hydroxylation sites is 1. The van der Waals surface area contributed by atoms with Crippen molar-refractivity contribution in [3.05, 3.63) is 48.1 Å². The molecule has 1 atom stereocenters. The largest absolute Gasteiger partial charge is 0.489 e. The zero-order valence-electron chi connectivity index (χ0n) is 13.1. The van der Waals surface area contributed by atoms with Crippen LogP contribution < -0.4 is 10.1 Å². The zero-order valence-corrected chi connectivity index (χ0v) is 13.9. The smallest absolute Gasteiger partial charge is 0.262 e. The highest BCUT2D eigenvalue weighted by Crippen LogP contribution is 2.21. The quantitative estimate of drug-likeness (QED) is 0.478. The highest BCUT2D eigenvalue weighted by molar-refractivity contribution is 7.91. The molecule has 0 spiro atoms. The molecule has 1 aliphatic rings. The highest BCUT2D eigenvalue weighted by Gasteiger charge is 2.29. The average molecular weight is 346 g/mol. The second kappa shape index (κ2) is 7.79. The van der Waals surface area contributed by atoms with Crippen LogP contribution in [-0.2, 0) is 14.6 Å². The van der Waals surface area contributed by atoms with Crippen molar-refractivity contribution in [2.75, 3.05) is 18.1 Å². The molecule has 2 rings (SSSR count). The minimum absolute atomic E-state index is 0.0573. The minimum Gasteiger partial charge on any atom is -0.489 e. The number of nitriles is 1. The second-order valence-electron chi connectivity index (χ2n) is 5.38. The van der Waals surface area contributed by atoms with E-state index in [1.165, 1.54) is 6.08 Å². The van der Waals surface area contributed by atoms with E-state index in [1.54, 1.807) is 30.3 Å². The molecule has 1 unspecified atom stereocenters. The van der Waals surface area contributed by atoms with Crippen LogP contribution in [0.15, 0.2) is 42.5 Å². The van der Waals surface area contributed by atoms with Crippen molar-refractivity contribution >= 4 is 21.8 Å². The number of hydrogen-bond donors (Lipinski definition) is 1. The molecule has 0 bridgehead atoms. The van der Waals surface area contributed by atoms with Gasteiger partial charge in [-0.15, -0.1) is 0 Å². The normalized spacial score (nSPS) is 19.3. The van der Waals surface area contributed by atoms with Crippen LogP contribution in [0.25, 0.3) is 6.08 Å². The maximum Gasteiger partial charge on any atom is 0.262 e. The van der Waals surface area contributed by atoms with Crippen molar-refractivity contribution in [1.82, 2.24) is 5.32 Å². The standard InChI is InChI=1S/C17H18N2O4S/c1-2-8-23-16-6-4-3-5-13(16)10-14(11-18)17(20)19-15-7-9-24(21,22)12-15/h2-6,10,15H,1,7-9,12H2,(H,19,20). The Balaban J connectivity index is 2.16. The first-order valence-electron chi connectivity index (χ1n) is 7.41. The van der Waals surface area contributed by atoms with Crippen LogP contribution in [0.2, 0.25) is 0 Å². The van der Waals surface area contributed by atoms with Crippen molar-refractivity contribution in [3.8, 4) is 11.8 Å². The molecule has 1 aliphatic heterocycles. The van der Waals surface area contributed by atoms with E-state index in [9.17, 15) is 18.5 Å². The number of ether oxygens (including phenoxy) is 1. The summed E-state index contributed by atoms with van der Waals surface area (Å²) in [5, 5.41) is 11.8. The number of nitrogens with one attached hydrogen (secondary N) is 1. The summed E-state index contributed by atoms with van der Waals surface area (Å²) < 4.78 is 28.4. The fourth-order valence-corrected chi connectivity index (χ4v) is 4.03. The molecule has 7 heteroatoms. The van der Waals surface area contributed by atoms with Crippen LogP contribution in [0.4, 0.5) is 0 Å². The first-order chi connectivity index (χ1) is 11.4. The van der Waals surface area contributed by atoms with Crippen molar-refractivity contribution in [2.45, 2.75) is 12.5 Å². The van der Waals surface area contributed by atoms with Gasteiger partial charge in [0.1, 0.15) is 24.0 Å². The van der Waals surface area contributed by atoms with Gasteiger partial charge in [-0.3, -0.25) is 4.79 Å². The molecule has 1 fully saturated rings. The number of nitrogens with zero attached hydrogens (tertiary/aromatic N) is 1. The van der Waals surface area contributed by atoms with Gasteiger partial charge in [0.05, 0.1) is 11.5 Å². The lowest BCUT2D eigenvalue weighted by molar-refractivity contribution is -0.117. The van der Waals surface area contributed by atoms with Gasteiger partial charge in [-0.2, -0.15) is 5.26 Å². The molecule has 0 radical (unpaired) electrons. The van der Waals surface area contributed by atoms with Gasteiger partial charge < -0.3 is 10.1 Å². The van der Waals surface area contributed by atoms with E-state index in [1.807, 2.05) is 6.07 Å². The van der Waals surface area contributed by atoms with Crippen LogP contribution in [-0.4, -0.2) is 38.5 Å². The third kappa shape index (κ3) is 4.70. The minimum atomic E-state index is -3.10. The lowest BCUT2D eigenvalue weighted by atomic mass is 10.1. The Hall–Kier alpha value is -2.59. The van der Waals surface area contributed by atoms with E-state index in [2.05, 4.69) is 11.9 Å². The maximum absolute atomic E-state index is 12.2. The molecule has 24 heavy (non-hydrogen) atoms. The van der Waals surface area contributed by atoms with Crippen molar-refractivity contribution < 1.29 is 17.9 Å². The first-order valence-corrected chi connectivity index (χ1v) is 9.23. The van der Waals surface area contributed by atoms with Crippen molar-refractivity contribution in [1.29, 1.82) is 5.26 Å². The number of rotatable bonds is 6. The first kappa shape index (κ1) is 17.8. The third-order valence-electron chi connectivity index (χ3n) is 3.51. The molecule has 0 aromatic heterocycles. The Morgan fingerprint density at radius 1 is 1.46 bits per heavy atom. The van der Waals surface area contributed by atoms with Gasteiger partial charge in [0.25, 0.3) is 5.91 Å². The molecule has 0 saturated carbocycles. The van der Waals surface area contributed by atoms with Crippen LogP contribution in [0.1, 0.15) is 12.0 Å². The van der Waals surface area contributed by atoms with Gasteiger partial charge in [-0.25, -0.2) is 8.42 Å². The topological polar surface area (TPSA) is 96.3 Å². The lowest BCUT2D eigenvalue weighted by Gasteiger charge is -2.11. The average Bonchev–Trinajstić information content (AvgIpc) is 2.90. The Kier molecular flexibility index (Phi) is 5.77. The maximum atomic E-state index is 12.2. The summed E-state index contributed by atoms with van der Waals surface area (Å²) >= 11 is 0. The van der Waals surface area contributed by atoms with Crippen molar-refractivity contribution in [3.63, 3.8) is 0 Å². The Labute approximate surface area is 141 Å². The number of carbonyl (C=O) groups excluding carboxylic acids is 1. The van der Waals surface area contributed by atoms with Gasteiger partial charge in [0, 0.05) is 11.6 Å². The number of carbonyl (C=O) groups is 1. The molecule has 1 aromatic rings. The third-order valence-corrected chi connectivity index (χ3v) is 5.28. The Bertz CT molecular complexity index is 806. The SMILES string of the molecule is C=CCOc1ccccc1C=C(C#N)C(=O)NC1CCS(=O)(=O)C1. The van der Waals surface area contributed by atoms with E-state index in [4.69, 9.17) is 4.74 Å². The predicted molar refractivity (Wildman–Crippen MR) is 90.9 cm³/mol. The van der Waals surface area contributed by atoms with Gasteiger partial charge in [-0.05, 0) is 18.6 Å².